The molecule has 0 bridgehead atoms. The Balaban J connectivity index is 2.51. The van der Waals surface area contributed by atoms with Gasteiger partial charge in [-0.3, -0.25) is 23.4 Å². The molecule has 0 radical (unpaired) electrons. The van der Waals surface area contributed by atoms with Gasteiger partial charge in [-0.05, 0) is 25.2 Å². The van der Waals surface area contributed by atoms with Crippen LogP contribution in [0.2, 0.25) is 0 Å². The average Bonchev–Trinajstić information content (AvgIpc) is 3.47. The van der Waals surface area contributed by atoms with Crippen LogP contribution >= 0.6 is 7.82 Å². The maximum atomic E-state index is 12.7. The van der Waals surface area contributed by atoms with E-state index in [9.17, 15) is 39.2 Å². The molecule has 14 nitrogen and oxygen atoms in total. The molecule has 0 amide bonds. The number of phosphoric acid groups is 1. The molecule has 1 fully saturated rings. The molecule has 0 aromatic carbocycles. The van der Waals surface area contributed by atoms with Crippen molar-refractivity contribution in [2.24, 2.45) is 17.6 Å². The molecule has 0 aliphatic heterocycles. The van der Waals surface area contributed by atoms with Crippen molar-refractivity contribution >= 4 is 25.7 Å². The SMILES string of the molecule is CCCCCCCCCCCCCCCCCCCC(=O)O[C@H](COC(=O)C/C=C\C[C@H]1[C@@H](/C=C/[C@H](O)CCCCC)[C@H](O)C[C@@H]1O)COP(=O)(O)OC[C@H](N)C(=O)O. The number of unbranched alkanes of at least 4 members (excludes halogenated alkanes) is 18. The lowest BCUT2D eigenvalue weighted by molar-refractivity contribution is -0.160. The number of esters is 2. The van der Waals surface area contributed by atoms with Gasteiger partial charge < -0.3 is 40.5 Å². The molecular formula is C44H80NO13P. The minimum atomic E-state index is -4.79. The van der Waals surface area contributed by atoms with E-state index in [0.29, 0.717) is 19.3 Å². The van der Waals surface area contributed by atoms with Crippen LogP contribution < -0.4 is 5.73 Å². The van der Waals surface area contributed by atoms with E-state index in [-0.39, 0.29) is 31.1 Å². The van der Waals surface area contributed by atoms with Gasteiger partial charge in [0.25, 0.3) is 0 Å². The van der Waals surface area contributed by atoms with E-state index in [1.165, 1.54) is 77.0 Å². The lowest BCUT2D eigenvalue weighted by Crippen LogP contribution is -2.34. The quantitative estimate of drug-likeness (QED) is 0.0149. The number of ether oxygens (including phenoxy) is 2. The highest BCUT2D eigenvalue weighted by Gasteiger charge is 2.39. The highest BCUT2D eigenvalue weighted by atomic mass is 31.2. The number of aliphatic hydroxyl groups is 3. The summed E-state index contributed by atoms with van der Waals surface area (Å²) in [5.41, 5.74) is 5.33. The number of hydrogen-bond donors (Lipinski definition) is 6. The van der Waals surface area contributed by atoms with Crippen molar-refractivity contribution < 1.29 is 62.8 Å². The second kappa shape index (κ2) is 34.4. The number of rotatable bonds is 38. The van der Waals surface area contributed by atoms with Crippen LogP contribution in [0.25, 0.3) is 0 Å². The van der Waals surface area contributed by atoms with Gasteiger partial charge >= 0.3 is 25.7 Å². The Labute approximate surface area is 354 Å². The van der Waals surface area contributed by atoms with Crippen LogP contribution in [0.1, 0.15) is 174 Å². The molecule has 0 aromatic rings. The Bertz CT molecular complexity index is 1220. The molecule has 1 unspecified atom stereocenters. The van der Waals surface area contributed by atoms with E-state index in [0.717, 1.165) is 44.9 Å². The molecule has 59 heavy (non-hydrogen) atoms. The summed E-state index contributed by atoms with van der Waals surface area (Å²) in [6.07, 6.45) is 28.0. The number of phosphoric ester groups is 1. The Morgan fingerprint density at radius 1 is 0.729 bits per heavy atom. The number of carbonyl (C=O) groups is 3. The predicted octanol–water partition coefficient (Wildman–Crippen LogP) is 8.22. The number of carboxylic acid groups (broad SMARTS) is 1. The van der Waals surface area contributed by atoms with E-state index >= 15 is 0 Å². The second-order valence-corrected chi connectivity index (χ2v) is 17.6. The topological polar surface area (TPSA) is 232 Å². The van der Waals surface area contributed by atoms with Crippen molar-refractivity contribution in [2.75, 3.05) is 19.8 Å². The summed E-state index contributed by atoms with van der Waals surface area (Å²) in [6.45, 7) is 2.38. The van der Waals surface area contributed by atoms with Crippen molar-refractivity contribution in [3.63, 3.8) is 0 Å². The van der Waals surface area contributed by atoms with Crippen LogP contribution in [0, 0.1) is 11.8 Å². The van der Waals surface area contributed by atoms with Gasteiger partial charge in [0, 0.05) is 18.8 Å². The van der Waals surface area contributed by atoms with Crippen molar-refractivity contribution in [3.8, 4) is 0 Å². The van der Waals surface area contributed by atoms with E-state index in [4.69, 9.17) is 24.8 Å². The zero-order valence-corrected chi connectivity index (χ0v) is 37.1. The molecule has 0 aromatic heterocycles. The third-order valence-electron chi connectivity index (χ3n) is 10.8. The number of aliphatic carboxylic acids is 1. The molecule has 0 spiro atoms. The fourth-order valence-corrected chi connectivity index (χ4v) is 7.93. The summed E-state index contributed by atoms with van der Waals surface area (Å²) in [5.74, 6) is -3.37. The lowest BCUT2D eigenvalue weighted by Gasteiger charge is -2.20. The maximum absolute atomic E-state index is 12.7. The molecule has 344 valence electrons. The van der Waals surface area contributed by atoms with Crippen LogP contribution in [-0.2, 0) is 37.5 Å². The second-order valence-electron chi connectivity index (χ2n) is 16.2. The van der Waals surface area contributed by atoms with Gasteiger partial charge in [0.2, 0.25) is 0 Å². The van der Waals surface area contributed by atoms with Crippen molar-refractivity contribution in [3.05, 3.63) is 24.3 Å². The highest BCUT2D eigenvalue weighted by molar-refractivity contribution is 7.47. The van der Waals surface area contributed by atoms with Crippen LogP contribution in [0.5, 0.6) is 0 Å². The molecule has 1 aliphatic rings. The van der Waals surface area contributed by atoms with Crippen molar-refractivity contribution in [1.29, 1.82) is 0 Å². The lowest BCUT2D eigenvalue weighted by atomic mass is 9.89. The molecule has 1 aliphatic carbocycles. The van der Waals surface area contributed by atoms with Gasteiger partial charge in [0.15, 0.2) is 6.10 Å². The minimum absolute atomic E-state index is 0.0995. The van der Waals surface area contributed by atoms with Crippen LogP contribution in [0.15, 0.2) is 24.3 Å². The van der Waals surface area contributed by atoms with E-state index < -0.39 is 76.0 Å². The average molecular weight is 862 g/mol. The fourth-order valence-electron chi connectivity index (χ4n) is 7.16. The smallest absolute Gasteiger partial charge is 0.472 e. The number of carbonyl (C=O) groups excluding carboxylic acids is 2. The Morgan fingerprint density at radius 2 is 1.25 bits per heavy atom. The summed E-state index contributed by atoms with van der Waals surface area (Å²) in [4.78, 5) is 46.3. The molecular weight excluding hydrogens is 781 g/mol. The van der Waals surface area contributed by atoms with Crippen LogP contribution in [-0.4, -0.2) is 93.5 Å². The predicted molar refractivity (Wildman–Crippen MR) is 228 cm³/mol. The molecule has 0 heterocycles. The first-order valence-electron chi connectivity index (χ1n) is 22.6. The highest BCUT2D eigenvalue weighted by Crippen LogP contribution is 2.43. The summed E-state index contributed by atoms with van der Waals surface area (Å²) in [7, 11) is -4.79. The number of hydrogen-bond acceptors (Lipinski definition) is 12. The monoisotopic (exact) mass is 862 g/mol. The summed E-state index contributed by atoms with van der Waals surface area (Å²) in [5, 5.41) is 40.2. The molecule has 1 rings (SSSR count). The summed E-state index contributed by atoms with van der Waals surface area (Å²) in [6, 6.07) is -1.57. The first-order chi connectivity index (χ1) is 28.3. The first-order valence-corrected chi connectivity index (χ1v) is 24.1. The zero-order chi connectivity index (χ0) is 43.7. The number of aliphatic hydroxyl groups excluding tert-OH is 3. The molecule has 0 saturated heterocycles. The molecule has 15 heteroatoms. The van der Waals surface area contributed by atoms with Gasteiger partial charge in [-0.15, -0.1) is 0 Å². The number of nitrogens with two attached hydrogens (primary N) is 1. The van der Waals surface area contributed by atoms with Crippen LogP contribution in [0.4, 0.5) is 0 Å². The largest absolute Gasteiger partial charge is 0.480 e. The maximum Gasteiger partial charge on any atom is 0.472 e. The van der Waals surface area contributed by atoms with Crippen molar-refractivity contribution in [2.45, 2.75) is 205 Å². The number of allylic oxidation sites excluding steroid dienone is 1. The third-order valence-corrected chi connectivity index (χ3v) is 11.8. The normalized spacial score (nSPS) is 20.8. The van der Waals surface area contributed by atoms with Crippen LogP contribution in [0.3, 0.4) is 0 Å². The van der Waals surface area contributed by atoms with Crippen molar-refractivity contribution in [1.82, 2.24) is 0 Å². The summed E-state index contributed by atoms with van der Waals surface area (Å²) >= 11 is 0. The summed E-state index contributed by atoms with van der Waals surface area (Å²) < 4.78 is 32.7. The van der Waals surface area contributed by atoms with Gasteiger partial charge in [-0.1, -0.05) is 160 Å². The Kier molecular flexibility index (Phi) is 32.0. The molecule has 8 atom stereocenters. The fraction of sp³-hybridized carbons (Fsp3) is 0.841. The first kappa shape index (κ1) is 54.9. The standard InChI is InChI=1S/C44H80NO13P/c1-3-5-7-8-9-10-11-12-13-14-15-16-17-18-19-20-22-28-43(50)58-36(33-56-59(53,54)57-34-39(45)44(51)52)32-55-42(49)27-24-23-26-37-38(41(48)31-40(37)47)30-29-35(46)25-21-6-4-2/h23-24,29-30,35-41,46-48H,3-22,25-28,31-34,45H2,1-2H3,(H,51,52)(H,53,54)/b24-23-,30-29+/t35-,36-,37+,38-,39+,40+,41-/m1/s1. The van der Waals surface area contributed by atoms with Gasteiger partial charge in [0.1, 0.15) is 12.6 Å². The Hall–Kier alpha value is -2.16. The van der Waals surface area contributed by atoms with Gasteiger partial charge in [0.05, 0.1) is 37.9 Å². The minimum Gasteiger partial charge on any atom is -0.480 e. The molecule has 7 N–H and O–H groups in total. The molecule has 1 saturated carbocycles. The zero-order valence-electron chi connectivity index (χ0n) is 36.2. The van der Waals surface area contributed by atoms with E-state index in [1.54, 1.807) is 24.3 Å². The van der Waals surface area contributed by atoms with E-state index in [2.05, 4.69) is 18.4 Å². The van der Waals surface area contributed by atoms with E-state index in [1.807, 2.05) is 0 Å². The van der Waals surface area contributed by atoms with Gasteiger partial charge in [-0.2, -0.15) is 0 Å². The number of carboxylic acids is 1. The van der Waals surface area contributed by atoms with Gasteiger partial charge in [-0.25, -0.2) is 4.57 Å². The third kappa shape index (κ3) is 28.9. The Morgan fingerprint density at radius 3 is 1.81 bits per heavy atom.